The van der Waals surface area contributed by atoms with Crippen molar-refractivity contribution in [2.75, 3.05) is 34.5 Å². The molecule has 1 unspecified atom stereocenters. The van der Waals surface area contributed by atoms with E-state index in [0.29, 0.717) is 13.2 Å². The summed E-state index contributed by atoms with van der Waals surface area (Å²) in [6, 6.07) is 0.00385. The summed E-state index contributed by atoms with van der Waals surface area (Å²) in [5.41, 5.74) is 0. The highest BCUT2D eigenvalue weighted by molar-refractivity contribution is 6.11. The zero-order valence-corrected chi connectivity index (χ0v) is 11.3. The van der Waals surface area contributed by atoms with Gasteiger partial charge in [0.25, 0.3) is 0 Å². The molecule has 1 saturated heterocycles. The van der Waals surface area contributed by atoms with E-state index in [1.807, 2.05) is 14.8 Å². The number of hydrogen-bond donors (Lipinski definition) is 0. The van der Waals surface area contributed by atoms with E-state index in [-0.39, 0.29) is 30.4 Å². The molecule has 1 heterocycles. The third-order valence-corrected chi connectivity index (χ3v) is 3.07. The average Bonchev–Trinajstić information content (AvgIpc) is 2.62. The molecule has 0 bridgehead atoms. The minimum atomic E-state index is -0.0889. The van der Waals surface area contributed by atoms with Crippen LogP contribution >= 0.6 is 0 Å². The second-order valence-electron chi connectivity index (χ2n) is 4.38. The summed E-state index contributed by atoms with van der Waals surface area (Å²) in [5, 5.41) is 0. The van der Waals surface area contributed by atoms with Crippen molar-refractivity contribution in [3.63, 3.8) is 0 Å². The fourth-order valence-electron chi connectivity index (χ4n) is 2.04. The van der Waals surface area contributed by atoms with E-state index in [4.69, 9.17) is 23.7 Å². The van der Waals surface area contributed by atoms with Crippen molar-refractivity contribution < 1.29 is 23.7 Å². The molecule has 0 N–H and O–H groups in total. The maximum absolute atomic E-state index is 5.82. The Kier molecular flexibility index (Phi) is 6.44. The minimum absolute atomic E-state index is 0.00385. The molecule has 100 valence electrons. The van der Waals surface area contributed by atoms with Crippen molar-refractivity contribution >= 4 is 7.85 Å². The van der Waals surface area contributed by atoms with Crippen molar-refractivity contribution in [1.82, 2.24) is 0 Å². The highest BCUT2D eigenvalue weighted by atomic mass is 16.6. The predicted molar refractivity (Wildman–Crippen MR) is 66.1 cm³/mol. The molecule has 1 rings (SSSR count). The number of hydrogen-bond acceptors (Lipinski definition) is 5. The van der Waals surface area contributed by atoms with E-state index in [0.717, 1.165) is 0 Å². The Balaban J connectivity index is 2.51. The number of methoxy groups -OCH3 is 3. The van der Waals surface area contributed by atoms with Crippen LogP contribution in [0.3, 0.4) is 0 Å². The minimum Gasteiger partial charge on any atom is -0.382 e. The van der Waals surface area contributed by atoms with Crippen LogP contribution in [0.4, 0.5) is 0 Å². The number of ether oxygens (including phenoxy) is 5. The molecule has 0 aliphatic carbocycles. The smallest absolute Gasteiger partial charge is 0.142 e. The molecule has 1 aliphatic heterocycles. The molecule has 17 heavy (non-hydrogen) atoms. The summed E-state index contributed by atoms with van der Waals surface area (Å²) in [4.78, 5) is 0. The van der Waals surface area contributed by atoms with E-state index in [1.54, 1.807) is 21.3 Å². The van der Waals surface area contributed by atoms with Gasteiger partial charge in [-0.25, -0.2) is 0 Å². The number of rotatable bonds is 7. The van der Waals surface area contributed by atoms with Gasteiger partial charge in [-0.3, -0.25) is 0 Å². The van der Waals surface area contributed by atoms with Crippen molar-refractivity contribution in [2.24, 2.45) is 0 Å². The Morgan fingerprint density at radius 3 is 2.47 bits per heavy atom. The first-order valence-electron chi connectivity index (χ1n) is 5.95. The maximum atomic E-state index is 5.82. The van der Waals surface area contributed by atoms with E-state index >= 15 is 0 Å². The lowest BCUT2D eigenvalue weighted by Crippen LogP contribution is -2.39. The van der Waals surface area contributed by atoms with E-state index < -0.39 is 0 Å². The Morgan fingerprint density at radius 1 is 1.24 bits per heavy atom. The van der Waals surface area contributed by atoms with Gasteiger partial charge in [-0.05, 0) is 6.92 Å². The zero-order valence-electron chi connectivity index (χ0n) is 11.3. The molecule has 0 aromatic rings. The van der Waals surface area contributed by atoms with Crippen LogP contribution in [0.25, 0.3) is 0 Å². The van der Waals surface area contributed by atoms with Gasteiger partial charge in [0.05, 0.1) is 25.3 Å². The predicted octanol–water partition coefficient (Wildman–Crippen LogP) is -0.574. The highest BCUT2D eigenvalue weighted by Gasteiger charge is 2.43. The summed E-state index contributed by atoms with van der Waals surface area (Å²) in [6.45, 7) is 3.02. The monoisotopic (exact) mass is 246 g/mol. The van der Waals surface area contributed by atoms with Crippen LogP contribution in [0.2, 0.25) is 0 Å². The fraction of sp³-hybridized carbons (Fsp3) is 1.00. The molecular weight excluding hydrogens is 223 g/mol. The lowest BCUT2D eigenvalue weighted by Gasteiger charge is -2.23. The molecule has 1 fully saturated rings. The van der Waals surface area contributed by atoms with Gasteiger partial charge in [-0.2, -0.15) is 0 Å². The third-order valence-electron chi connectivity index (χ3n) is 3.07. The second-order valence-corrected chi connectivity index (χ2v) is 4.38. The third kappa shape index (κ3) is 3.93. The van der Waals surface area contributed by atoms with E-state index in [1.165, 1.54) is 0 Å². The molecule has 0 saturated carbocycles. The topological polar surface area (TPSA) is 46.2 Å². The van der Waals surface area contributed by atoms with Gasteiger partial charge in [-0.1, -0.05) is 0 Å². The van der Waals surface area contributed by atoms with Crippen molar-refractivity contribution in [1.29, 1.82) is 0 Å². The maximum Gasteiger partial charge on any atom is 0.142 e. The zero-order chi connectivity index (χ0) is 12.8. The lowest BCUT2D eigenvalue weighted by atomic mass is 9.92. The van der Waals surface area contributed by atoms with Gasteiger partial charge in [0, 0.05) is 21.3 Å². The van der Waals surface area contributed by atoms with Crippen LogP contribution in [-0.2, 0) is 23.7 Å². The van der Waals surface area contributed by atoms with Gasteiger partial charge in [0.1, 0.15) is 26.2 Å². The summed E-state index contributed by atoms with van der Waals surface area (Å²) in [7, 11) is 6.99. The molecule has 6 heteroatoms. The van der Waals surface area contributed by atoms with Gasteiger partial charge in [0.2, 0.25) is 0 Å². The quantitative estimate of drug-likeness (QED) is 0.563. The second kappa shape index (κ2) is 7.33. The van der Waals surface area contributed by atoms with Crippen LogP contribution in [0.15, 0.2) is 0 Å². The molecule has 1 aliphatic rings. The Labute approximate surface area is 104 Å². The largest absolute Gasteiger partial charge is 0.382 e. The highest BCUT2D eigenvalue weighted by Crippen LogP contribution is 2.25. The molecule has 0 amide bonds. The first-order chi connectivity index (χ1) is 8.13. The summed E-state index contributed by atoms with van der Waals surface area (Å²) in [5.74, 6) is 0. The first-order valence-corrected chi connectivity index (χ1v) is 5.95. The summed E-state index contributed by atoms with van der Waals surface area (Å²) in [6.07, 6.45) is -0.157. The molecule has 0 aromatic carbocycles. The Morgan fingerprint density at radius 2 is 1.94 bits per heavy atom. The fourth-order valence-corrected chi connectivity index (χ4v) is 2.04. The van der Waals surface area contributed by atoms with Gasteiger partial charge < -0.3 is 23.7 Å². The molecule has 5 atom stereocenters. The van der Waals surface area contributed by atoms with Crippen molar-refractivity contribution in [2.45, 2.75) is 37.3 Å². The standard InChI is InChI=1S/C11H23BO5/c1-7(14-3)5-16-10-9(15-4)8(6-13-2)17-11(10)12/h7-11H,5-6,12H2,1-4H3/t7-,8+,9?,10-,11+/m0/s1. The van der Waals surface area contributed by atoms with Crippen molar-refractivity contribution in [3.8, 4) is 0 Å². The lowest BCUT2D eigenvalue weighted by molar-refractivity contribution is -0.0758. The Hall–Kier alpha value is -0.135. The molecule has 5 nitrogen and oxygen atoms in total. The van der Waals surface area contributed by atoms with Crippen LogP contribution in [0.1, 0.15) is 6.92 Å². The normalized spacial score (nSPS) is 35.1. The summed E-state index contributed by atoms with van der Waals surface area (Å²) >= 11 is 0. The SMILES string of the molecule is B[C@@H]1O[C@H](COC)C(OC)[C@@H]1OC[C@H](C)OC. The molecule has 0 aromatic heterocycles. The van der Waals surface area contributed by atoms with Gasteiger partial charge >= 0.3 is 0 Å². The first kappa shape index (κ1) is 14.9. The summed E-state index contributed by atoms with van der Waals surface area (Å²) < 4.78 is 27.3. The van der Waals surface area contributed by atoms with Gasteiger partial charge in [-0.15, -0.1) is 0 Å². The van der Waals surface area contributed by atoms with Crippen LogP contribution < -0.4 is 0 Å². The molecule has 0 spiro atoms. The van der Waals surface area contributed by atoms with Gasteiger partial charge in [0.15, 0.2) is 0 Å². The Bertz CT molecular complexity index is 216. The molecule has 0 radical (unpaired) electrons. The van der Waals surface area contributed by atoms with Crippen LogP contribution in [-0.4, -0.2) is 72.8 Å². The van der Waals surface area contributed by atoms with Crippen molar-refractivity contribution in [3.05, 3.63) is 0 Å². The van der Waals surface area contributed by atoms with E-state index in [2.05, 4.69) is 0 Å². The average molecular weight is 246 g/mol. The van der Waals surface area contributed by atoms with Crippen LogP contribution in [0, 0.1) is 0 Å². The van der Waals surface area contributed by atoms with Crippen LogP contribution in [0.5, 0.6) is 0 Å². The molecular formula is C11H23BO5. The van der Waals surface area contributed by atoms with E-state index in [9.17, 15) is 0 Å².